The Labute approximate surface area is 122 Å². The van der Waals surface area contributed by atoms with Crippen LogP contribution in [0.4, 0.5) is 0 Å². The van der Waals surface area contributed by atoms with Gasteiger partial charge in [0.15, 0.2) is 0 Å². The second-order valence-electron chi connectivity index (χ2n) is 4.50. The lowest BCUT2D eigenvalue weighted by atomic mass is 10.1. The van der Waals surface area contributed by atoms with E-state index in [0.29, 0.717) is 9.87 Å². The van der Waals surface area contributed by atoms with Crippen LogP contribution < -0.4 is 17.2 Å². The molecule has 0 aliphatic heterocycles. The average molecular weight is 314 g/mol. The number of carbonyl (C=O) groups excluding carboxylic acids is 2. The molecule has 8 nitrogen and oxygen atoms in total. The van der Waals surface area contributed by atoms with Crippen molar-refractivity contribution in [3.8, 4) is 0 Å². The van der Waals surface area contributed by atoms with Gasteiger partial charge in [0, 0.05) is 6.54 Å². The molecule has 0 heterocycles. The smallest absolute Gasteiger partial charge is 0.244 e. The van der Waals surface area contributed by atoms with E-state index >= 15 is 0 Å². The second kappa shape index (κ2) is 6.66. The molecule has 0 saturated carbocycles. The third-order valence-corrected chi connectivity index (χ3v) is 4.62. The molecule has 1 aromatic carbocycles. The molecule has 0 aromatic heterocycles. The monoisotopic (exact) mass is 314 g/mol. The first-order valence-corrected chi connectivity index (χ1v) is 7.49. The van der Waals surface area contributed by atoms with E-state index < -0.39 is 34.9 Å². The quantitative estimate of drug-likeness (QED) is 0.555. The van der Waals surface area contributed by atoms with E-state index in [2.05, 4.69) is 0 Å². The van der Waals surface area contributed by atoms with Crippen molar-refractivity contribution in [2.45, 2.75) is 18.4 Å². The Hall–Kier alpha value is -1.97. The van der Waals surface area contributed by atoms with Crippen molar-refractivity contribution in [2.24, 2.45) is 17.2 Å². The van der Waals surface area contributed by atoms with E-state index in [1.165, 1.54) is 12.1 Å². The van der Waals surface area contributed by atoms with Crippen molar-refractivity contribution < 1.29 is 18.0 Å². The molecule has 1 aromatic rings. The molecule has 0 radical (unpaired) electrons. The summed E-state index contributed by atoms with van der Waals surface area (Å²) >= 11 is 0. The first-order chi connectivity index (χ1) is 9.68. The van der Waals surface area contributed by atoms with E-state index in [1.54, 1.807) is 13.0 Å². The van der Waals surface area contributed by atoms with Gasteiger partial charge in [-0.25, -0.2) is 8.42 Å². The van der Waals surface area contributed by atoms with Crippen LogP contribution in [0.1, 0.15) is 11.1 Å². The van der Waals surface area contributed by atoms with Crippen LogP contribution >= 0.6 is 0 Å². The fraction of sp³-hybridized carbons (Fsp3) is 0.333. The zero-order chi connectivity index (χ0) is 16.2. The van der Waals surface area contributed by atoms with Crippen molar-refractivity contribution in [2.75, 3.05) is 13.1 Å². The number of amides is 2. The van der Waals surface area contributed by atoms with Crippen molar-refractivity contribution in [3.63, 3.8) is 0 Å². The molecular weight excluding hydrogens is 296 g/mol. The van der Waals surface area contributed by atoms with E-state index in [-0.39, 0.29) is 11.4 Å². The van der Waals surface area contributed by atoms with Crippen LogP contribution in [-0.2, 0) is 26.2 Å². The normalized spacial score (nSPS) is 11.6. The molecule has 116 valence electrons. The standard InChI is InChI=1S/C12H18N4O4S/c1-8-4-10(3-2-9(8)5-13)21(19,20)16(6-11(14)17)7-12(15)18/h2-4H,5-7,13H2,1H3,(H2,14,17)(H2,15,18). The summed E-state index contributed by atoms with van der Waals surface area (Å²) in [5.41, 5.74) is 17.0. The van der Waals surface area contributed by atoms with Gasteiger partial charge in [-0.15, -0.1) is 0 Å². The summed E-state index contributed by atoms with van der Waals surface area (Å²) in [5, 5.41) is 0. The van der Waals surface area contributed by atoms with Crippen LogP contribution in [0.2, 0.25) is 0 Å². The number of nitrogens with two attached hydrogens (primary N) is 3. The topological polar surface area (TPSA) is 150 Å². The molecule has 0 fully saturated rings. The fourth-order valence-corrected chi connectivity index (χ4v) is 3.24. The molecule has 2 amide bonds. The Kier molecular flexibility index (Phi) is 5.41. The fourth-order valence-electron chi connectivity index (χ4n) is 1.78. The van der Waals surface area contributed by atoms with Gasteiger partial charge in [0.25, 0.3) is 0 Å². The minimum atomic E-state index is -4.05. The second-order valence-corrected chi connectivity index (χ2v) is 6.44. The lowest BCUT2D eigenvalue weighted by Gasteiger charge is -2.19. The molecule has 0 bridgehead atoms. The Morgan fingerprint density at radius 2 is 1.67 bits per heavy atom. The van der Waals surface area contributed by atoms with Crippen LogP contribution in [-0.4, -0.2) is 37.6 Å². The Bertz CT molecular complexity index is 641. The highest BCUT2D eigenvalue weighted by Gasteiger charge is 2.27. The number of sulfonamides is 1. The van der Waals surface area contributed by atoms with Crippen LogP contribution in [0.15, 0.2) is 23.1 Å². The maximum atomic E-state index is 12.4. The average Bonchev–Trinajstić information content (AvgIpc) is 2.36. The van der Waals surface area contributed by atoms with Gasteiger partial charge in [-0.1, -0.05) is 6.07 Å². The lowest BCUT2D eigenvalue weighted by Crippen LogP contribution is -2.43. The largest absolute Gasteiger partial charge is 0.369 e. The maximum Gasteiger partial charge on any atom is 0.244 e. The molecule has 6 N–H and O–H groups in total. The summed E-state index contributed by atoms with van der Waals surface area (Å²) in [7, 11) is -4.05. The minimum absolute atomic E-state index is 0.0558. The molecule has 1 rings (SSSR count). The lowest BCUT2D eigenvalue weighted by molar-refractivity contribution is -0.120. The van der Waals surface area contributed by atoms with E-state index in [9.17, 15) is 18.0 Å². The molecule has 9 heteroatoms. The number of primary amides is 2. The number of rotatable bonds is 7. The SMILES string of the molecule is Cc1cc(S(=O)(=O)N(CC(N)=O)CC(N)=O)ccc1CN. The molecule has 0 aliphatic carbocycles. The molecule has 21 heavy (non-hydrogen) atoms. The maximum absolute atomic E-state index is 12.4. The van der Waals surface area contributed by atoms with Gasteiger partial charge in [-0.2, -0.15) is 4.31 Å². The highest BCUT2D eigenvalue weighted by atomic mass is 32.2. The molecular formula is C12H18N4O4S. The first-order valence-electron chi connectivity index (χ1n) is 6.05. The summed E-state index contributed by atoms with van der Waals surface area (Å²) < 4.78 is 25.5. The minimum Gasteiger partial charge on any atom is -0.369 e. The van der Waals surface area contributed by atoms with E-state index in [4.69, 9.17) is 17.2 Å². The van der Waals surface area contributed by atoms with Gasteiger partial charge < -0.3 is 17.2 Å². The van der Waals surface area contributed by atoms with Crippen molar-refractivity contribution in [3.05, 3.63) is 29.3 Å². The predicted octanol–water partition coefficient (Wildman–Crippen LogP) is -1.58. The Morgan fingerprint density at radius 1 is 1.14 bits per heavy atom. The number of hydrogen-bond donors (Lipinski definition) is 3. The van der Waals surface area contributed by atoms with Gasteiger partial charge in [-0.05, 0) is 30.2 Å². The van der Waals surface area contributed by atoms with Crippen molar-refractivity contribution >= 4 is 21.8 Å². The number of nitrogens with zero attached hydrogens (tertiary/aromatic N) is 1. The summed E-state index contributed by atoms with van der Waals surface area (Å²) in [4.78, 5) is 21.9. The van der Waals surface area contributed by atoms with E-state index in [1.807, 2.05) is 0 Å². The van der Waals surface area contributed by atoms with Gasteiger partial charge in [-0.3, -0.25) is 9.59 Å². The van der Waals surface area contributed by atoms with Gasteiger partial charge >= 0.3 is 0 Å². The van der Waals surface area contributed by atoms with Crippen molar-refractivity contribution in [1.82, 2.24) is 4.31 Å². The molecule has 0 spiro atoms. The highest BCUT2D eigenvalue weighted by Crippen LogP contribution is 2.19. The number of aryl methyl sites for hydroxylation is 1. The highest BCUT2D eigenvalue weighted by molar-refractivity contribution is 7.89. The molecule has 0 unspecified atom stereocenters. The van der Waals surface area contributed by atoms with Gasteiger partial charge in [0.1, 0.15) is 0 Å². The van der Waals surface area contributed by atoms with Crippen LogP contribution in [0, 0.1) is 6.92 Å². The van der Waals surface area contributed by atoms with Crippen LogP contribution in [0.3, 0.4) is 0 Å². The van der Waals surface area contributed by atoms with E-state index in [0.717, 1.165) is 5.56 Å². The third-order valence-electron chi connectivity index (χ3n) is 2.84. The summed E-state index contributed by atoms with van der Waals surface area (Å²) in [6.07, 6.45) is 0. The number of hydrogen-bond acceptors (Lipinski definition) is 5. The van der Waals surface area contributed by atoms with Gasteiger partial charge in [0.2, 0.25) is 21.8 Å². The summed E-state index contributed by atoms with van der Waals surface area (Å²) in [5.74, 6) is -1.76. The third kappa shape index (κ3) is 4.25. The first kappa shape index (κ1) is 17.1. The zero-order valence-electron chi connectivity index (χ0n) is 11.6. The van der Waals surface area contributed by atoms with Crippen LogP contribution in [0.25, 0.3) is 0 Å². The summed E-state index contributed by atoms with van der Waals surface area (Å²) in [6, 6.07) is 4.36. The predicted molar refractivity (Wildman–Crippen MR) is 76.2 cm³/mol. The zero-order valence-corrected chi connectivity index (χ0v) is 12.4. The Morgan fingerprint density at radius 3 is 2.05 bits per heavy atom. The Balaban J connectivity index is 3.24. The van der Waals surface area contributed by atoms with Crippen molar-refractivity contribution in [1.29, 1.82) is 0 Å². The number of carbonyl (C=O) groups is 2. The van der Waals surface area contributed by atoms with Gasteiger partial charge in [0.05, 0.1) is 18.0 Å². The molecule has 0 saturated heterocycles. The van der Waals surface area contributed by atoms with Crippen LogP contribution in [0.5, 0.6) is 0 Å². The number of benzene rings is 1. The summed E-state index contributed by atoms with van der Waals surface area (Å²) in [6.45, 7) is 0.748. The molecule has 0 atom stereocenters. The molecule has 0 aliphatic rings.